The topological polar surface area (TPSA) is 117 Å². The average Bonchev–Trinajstić information content (AvgIpc) is 3.26. The van der Waals surface area contributed by atoms with E-state index in [2.05, 4.69) is 16.3 Å². The predicted molar refractivity (Wildman–Crippen MR) is 122 cm³/mol. The Morgan fingerprint density at radius 1 is 1.12 bits per heavy atom. The minimum Gasteiger partial charge on any atom is -0.378 e. The predicted octanol–water partition coefficient (Wildman–Crippen LogP) is 0.190. The van der Waals surface area contributed by atoms with Crippen LogP contribution < -0.4 is 4.90 Å². The Balaban J connectivity index is 1.51. The normalized spacial score (nSPS) is 17.5. The molecule has 1 amide bonds. The van der Waals surface area contributed by atoms with E-state index >= 15 is 0 Å². The van der Waals surface area contributed by atoms with Crippen molar-refractivity contribution >= 4 is 29.6 Å². The summed E-state index contributed by atoms with van der Waals surface area (Å²) in [6.07, 6.45) is 3.98. The van der Waals surface area contributed by atoms with Crippen molar-refractivity contribution in [2.75, 3.05) is 64.9 Å². The van der Waals surface area contributed by atoms with Crippen molar-refractivity contribution in [3.8, 4) is 11.4 Å². The van der Waals surface area contributed by atoms with Crippen molar-refractivity contribution in [3.63, 3.8) is 0 Å². The van der Waals surface area contributed by atoms with Crippen molar-refractivity contribution in [1.29, 1.82) is 0 Å². The van der Waals surface area contributed by atoms with Crippen LogP contribution in [0.15, 0.2) is 35.5 Å². The third-order valence-electron chi connectivity index (χ3n) is 5.55. The van der Waals surface area contributed by atoms with Gasteiger partial charge >= 0.3 is 0 Å². The largest absolute Gasteiger partial charge is 0.378 e. The van der Waals surface area contributed by atoms with Gasteiger partial charge in [-0.15, -0.1) is 10.2 Å². The molecule has 0 spiro atoms. The lowest BCUT2D eigenvalue weighted by Gasteiger charge is -2.26. The molecule has 2 aliphatic rings. The molecular formula is C21H27N6O5S+. The first kappa shape index (κ1) is 23.4. The van der Waals surface area contributed by atoms with Gasteiger partial charge in [0.2, 0.25) is 5.91 Å². The fourth-order valence-electron chi connectivity index (χ4n) is 3.66. The Kier molecular flexibility index (Phi) is 8.05. The van der Waals surface area contributed by atoms with Crippen LogP contribution in [0.1, 0.15) is 0 Å². The number of nitro groups is 1. The van der Waals surface area contributed by atoms with Crippen LogP contribution in [0.25, 0.3) is 17.6 Å². The number of non-ortho nitro benzene ring substituents is 1. The fourth-order valence-corrected chi connectivity index (χ4v) is 4.48. The molecule has 0 bridgehead atoms. The minimum atomic E-state index is -0.432. The molecule has 0 atom stereocenters. The first-order chi connectivity index (χ1) is 16.1. The van der Waals surface area contributed by atoms with Crippen LogP contribution in [-0.2, 0) is 14.3 Å². The number of nitrogens with zero attached hydrogens (tertiary/aromatic N) is 5. The number of benzene rings is 1. The van der Waals surface area contributed by atoms with Gasteiger partial charge in [-0.2, -0.15) is 0 Å². The number of nitro benzene ring substituents is 1. The lowest BCUT2D eigenvalue weighted by atomic mass is 10.2. The van der Waals surface area contributed by atoms with Crippen LogP contribution in [0.4, 0.5) is 5.69 Å². The number of carbonyl (C=O) groups excluding carboxylic acids is 1. The van der Waals surface area contributed by atoms with Gasteiger partial charge in [-0.3, -0.25) is 19.5 Å². The van der Waals surface area contributed by atoms with Crippen molar-refractivity contribution in [2.45, 2.75) is 5.16 Å². The summed E-state index contributed by atoms with van der Waals surface area (Å²) in [5.74, 6) is 0.858. The standard InChI is InChI=1S/C21H26N6O5S/c28-19(25-10-14-32-15-11-25)16-33-21-23-22-20(17-2-4-18(5-3-17)27(29)30)26(21)7-1-6-24-8-12-31-13-9-24/h1-5,7H,6,8-16H2/p+1/b7-1+. The van der Waals surface area contributed by atoms with Gasteiger partial charge in [-0.25, -0.2) is 0 Å². The Labute approximate surface area is 195 Å². The summed E-state index contributed by atoms with van der Waals surface area (Å²) >= 11 is 1.33. The van der Waals surface area contributed by atoms with Gasteiger partial charge in [0, 0.05) is 37.0 Å². The van der Waals surface area contributed by atoms with Crippen LogP contribution in [0.3, 0.4) is 0 Å². The molecule has 176 valence electrons. The van der Waals surface area contributed by atoms with Crippen molar-refractivity contribution < 1.29 is 24.1 Å². The Bertz CT molecular complexity index is 984. The van der Waals surface area contributed by atoms with Gasteiger partial charge in [-0.1, -0.05) is 11.8 Å². The van der Waals surface area contributed by atoms with E-state index in [9.17, 15) is 14.9 Å². The molecule has 2 fully saturated rings. The molecule has 0 saturated carbocycles. The van der Waals surface area contributed by atoms with E-state index < -0.39 is 4.92 Å². The maximum atomic E-state index is 12.6. The Morgan fingerprint density at radius 3 is 2.52 bits per heavy atom. The van der Waals surface area contributed by atoms with E-state index in [0.717, 1.165) is 32.8 Å². The summed E-state index contributed by atoms with van der Waals surface area (Å²) in [7, 11) is 0. The van der Waals surface area contributed by atoms with Crippen LogP contribution >= 0.6 is 11.8 Å². The molecule has 3 heterocycles. The van der Waals surface area contributed by atoms with Crippen LogP contribution in [-0.4, -0.2) is 95.4 Å². The minimum absolute atomic E-state index is 0.0157. The molecule has 11 nitrogen and oxygen atoms in total. The van der Waals surface area contributed by atoms with E-state index in [1.165, 1.54) is 28.8 Å². The van der Waals surface area contributed by atoms with E-state index in [-0.39, 0.29) is 17.3 Å². The summed E-state index contributed by atoms with van der Waals surface area (Å²) < 4.78 is 12.6. The summed E-state index contributed by atoms with van der Waals surface area (Å²) in [5.41, 5.74) is 0.727. The number of ether oxygens (including phenoxy) is 2. The highest BCUT2D eigenvalue weighted by molar-refractivity contribution is 7.99. The number of quaternary nitrogens is 1. The van der Waals surface area contributed by atoms with Crippen molar-refractivity contribution in [3.05, 3.63) is 40.5 Å². The summed E-state index contributed by atoms with van der Waals surface area (Å²) in [6, 6.07) is 6.22. The molecule has 2 aliphatic heterocycles. The monoisotopic (exact) mass is 475 g/mol. The molecule has 1 aromatic heterocycles. The highest BCUT2D eigenvalue weighted by atomic mass is 32.2. The van der Waals surface area contributed by atoms with Gasteiger partial charge in [-0.05, 0) is 18.2 Å². The highest BCUT2D eigenvalue weighted by Gasteiger charge is 2.20. The molecule has 2 aromatic rings. The molecule has 2 saturated heterocycles. The van der Waals surface area contributed by atoms with Crippen LogP contribution in [0.5, 0.6) is 0 Å². The smallest absolute Gasteiger partial charge is 0.269 e. The number of thioether (sulfide) groups is 1. The maximum absolute atomic E-state index is 12.6. The lowest BCUT2D eigenvalue weighted by Crippen LogP contribution is -3.13. The number of amides is 1. The number of carbonyl (C=O) groups is 1. The van der Waals surface area contributed by atoms with E-state index in [1.807, 2.05) is 10.8 Å². The van der Waals surface area contributed by atoms with Crippen LogP contribution in [0, 0.1) is 10.1 Å². The van der Waals surface area contributed by atoms with Gasteiger partial charge in [0.15, 0.2) is 11.0 Å². The zero-order valence-corrected chi connectivity index (χ0v) is 19.0. The summed E-state index contributed by atoms with van der Waals surface area (Å²) in [4.78, 5) is 26.4. The maximum Gasteiger partial charge on any atom is 0.269 e. The molecule has 0 aliphatic carbocycles. The number of morpholine rings is 2. The molecule has 0 unspecified atom stereocenters. The number of rotatable bonds is 8. The van der Waals surface area contributed by atoms with Crippen molar-refractivity contribution in [2.24, 2.45) is 0 Å². The van der Waals surface area contributed by atoms with E-state index in [0.29, 0.717) is 42.8 Å². The zero-order valence-electron chi connectivity index (χ0n) is 18.2. The van der Waals surface area contributed by atoms with Gasteiger partial charge in [0.1, 0.15) is 13.1 Å². The molecule has 1 N–H and O–H groups in total. The molecule has 12 heteroatoms. The third-order valence-corrected chi connectivity index (χ3v) is 6.48. The van der Waals surface area contributed by atoms with Gasteiger partial charge < -0.3 is 19.3 Å². The summed E-state index contributed by atoms with van der Waals surface area (Å²) in [6.45, 7) is 6.58. The Morgan fingerprint density at radius 2 is 1.82 bits per heavy atom. The SMILES string of the molecule is O=C(CSc1nnc(-c2ccc([N+](=O)[O-])cc2)n1/C=C/C[NH+]1CCOCC1)N1CCOCC1. The number of nitrogens with one attached hydrogen (secondary N) is 1. The first-order valence-corrected chi connectivity index (χ1v) is 11.9. The van der Waals surface area contributed by atoms with Crippen LogP contribution in [0.2, 0.25) is 0 Å². The molecule has 4 rings (SSSR count). The molecular weight excluding hydrogens is 448 g/mol. The lowest BCUT2D eigenvalue weighted by molar-refractivity contribution is -0.902. The Hall–Kier alpha value is -2.80. The van der Waals surface area contributed by atoms with Gasteiger partial charge in [0.25, 0.3) is 5.69 Å². The number of aromatic nitrogens is 3. The second-order valence-corrected chi connectivity index (χ2v) is 8.66. The molecule has 33 heavy (non-hydrogen) atoms. The first-order valence-electron chi connectivity index (χ1n) is 10.9. The zero-order chi connectivity index (χ0) is 23.0. The highest BCUT2D eigenvalue weighted by Crippen LogP contribution is 2.26. The molecule has 0 radical (unpaired) electrons. The van der Waals surface area contributed by atoms with E-state index in [4.69, 9.17) is 9.47 Å². The second-order valence-electron chi connectivity index (χ2n) is 7.71. The second kappa shape index (κ2) is 11.4. The quantitative estimate of drug-likeness (QED) is 0.327. The number of hydrogen-bond acceptors (Lipinski definition) is 8. The average molecular weight is 476 g/mol. The fraction of sp³-hybridized carbons (Fsp3) is 0.476. The van der Waals surface area contributed by atoms with Gasteiger partial charge in [0.05, 0.1) is 43.6 Å². The summed E-state index contributed by atoms with van der Waals surface area (Å²) in [5, 5.41) is 20.2. The van der Waals surface area contributed by atoms with Crippen molar-refractivity contribution in [1.82, 2.24) is 19.7 Å². The third kappa shape index (κ3) is 6.16. The number of hydrogen-bond donors (Lipinski definition) is 1. The van der Waals surface area contributed by atoms with E-state index in [1.54, 1.807) is 17.0 Å². The molecule has 1 aromatic carbocycles.